The highest BCUT2D eigenvalue weighted by atomic mass is 16.6. The van der Waals surface area contributed by atoms with E-state index in [0.29, 0.717) is 19.3 Å². The molecule has 3 unspecified atom stereocenters. The molecule has 1 heterocycles. The number of hydrogen-bond acceptors (Lipinski definition) is 6. The first kappa shape index (κ1) is 14.6. The summed E-state index contributed by atoms with van der Waals surface area (Å²) in [7, 11) is 0. The van der Waals surface area contributed by atoms with Crippen LogP contribution in [0.25, 0.3) is 0 Å². The molecule has 20 heavy (non-hydrogen) atoms. The van der Waals surface area contributed by atoms with E-state index in [-0.39, 0.29) is 42.7 Å². The summed E-state index contributed by atoms with van der Waals surface area (Å²) in [6.07, 6.45) is 1.25. The van der Waals surface area contributed by atoms with Crippen LogP contribution in [-0.4, -0.2) is 36.7 Å². The Morgan fingerprint density at radius 1 is 1.40 bits per heavy atom. The Morgan fingerprint density at radius 3 is 2.85 bits per heavy atom. The Bertz CT molecular complexity index is 441. The summed E-state index contributed by atoms with van der Waals surface area (Å²) in [5.74, 6) is -1.20. The molecule has 0 aromatic carbocycles. The molecule has 0 aromatic rings. The molecule has 0 radical (unpaired) electrons. The lowest BCUT2D eigenvalue weighted by atomic mass is 9.88. The predicted molar refractivity (Wildman–Crippen MR) is 67.5 cm³/mol. The Labute approximate surface area is 117 Å². The molecule has 0 spiro atoms. The number of carbonyl (C=O) groups is 3. The van der Waals surface area contributed by atoms with Crippen LogP contribution in [0.2, 0.25) is 0 Å². The number of fused-ring (bicyclic) bond motifs is 2. The lowest BCUT2D eigenvalue weighted by Gasteiger charge is -2.25. The van der Waals surface area contributed by atoms with Crippen molar-refractivity contribution in [2.75, 3.05) is 6.61 Å². The SMILES string of the molecule is C=C(C)C(=O)OCCC(=O)OC1CCC2CC1OC2=O. The maximum Gasteiger partial charge on any atom is 0.333 e. The van der Waals surface area contributed by atoms with Crippen molar-refractivity contribution in [3.8, 4) is 0 Å². The van der Waals surface area contributed by atoms with Gasteiger partial charge in [-0.3, -0.25) is 9.59 Å². The second-order valence-corrected chi connectivity index (χ2v) is 5.18. The van der Waals surface area contributed by atoms with Gasteiger partial charge >= 0.3 is 17.9 Å². The first-order chi connectivity index (χ1) is 9.47. The minimum absolute atomic E-state index is 0.0143. The summed E-state index contributed by atoms with van der Waals surface area (Å²) < 4.78 is 15.3. The summed E-state index contributed by atoms with van der Waals surface area (Å²) >= 11 is 0. The van der Waals surface area contributed by atoms with Gasteiger partial charge in [-0.15, -0.1) is 0 Å². The molecule has 1 saturated heterocycles. The maximum atomic E-state index is 11.6. The van der Waals surface area contributed by atoms with Gasteiger partial charge < -0.3 is 14.2 Å². The molecular formula is C14H18O6. The molecular weight excluding hydrogens is 264 g/mol. The fourth-order valence-electron chi connectivity index (χ4n) is 2.40. The molecule has 2 fully saturated rings. The minimum atomic E-state index is -0.525. The molecule has 1 aliphatic carbocycles. The van der Waals surface area contributed by atoms with E-state index in [2.05, 4.69) is 6.58 Å². The average Bonchev–Trinajstić information content (AvgIpc) is 2.69. The number of ether oxygens (including phenoxy) is 3. The zero-order valence-electron chi connectivity index (χ0n) is 11.4. The zero-order valence-corrected chi connectivity index (χ0v) is 11.4. The minimum Gasteiger partial charge on any atom is -0.462 e. The summed E-state index contributed by atoms with van der Waals surface area (Å²) in [6, 6.07) is 0. The number of carbonyl (C=O) groups excluding carboxylic acids is 3. The molecule has 1 saturated carbocycles. The van der Waals surface area contributed by atoms with Gasteiger partial charge in [-0.2, -0.15) is 0 Å². The van der Waals surface area contributed by atoms with Crippen LogP contribution in [0.3, 0.4) is 0 Å². The van der Waals surface area contributed by atoms with Gasteiger partial charge in [-0.25, -0.2) is 4.79 Å². The topological polar surface area (TPSA) is 78.9 Å². The van der Waals surface area contributed by atoms with Crippen molar-refractivity contribution in [1.29, 1.82) is 0 Å². The largest absolute Gasteiger partial charge is 0.462 e. The molecule has 0 N–H and O–H groups in total. The zero-order chi connectivity index (χ0) is 14.7. The first-order valence-electron chi connectivity index (χ1n) is 6.70. The average molecular weight is 282 g/mol. The number of hydrogen-bond donors (Lipinski definition) is 0. The van der Waals surface area contributed by atoms with Crippen LogP contribution in [0, 0.1) is 5.92 Å². The van der Waals surface area contributed by atoms with E-state index in [1.807, 2.05) is 0 Å². The lowest BCUT2D eigenvalue weighted by molar-refractivity contribution is -0.162. The molecule has 3 atom stereocenters. The quantitative estimate of drug-likeness (QED) is 0.427. The van der Waals surface area contributed by atoms with Crippen molar-refractivity contribution in [1.82, 2.24) is 0 Å². The van der Waals surface area contributed by atoms with Crippen LogP contribution >= 0.6 is 0 Å². The molecule has 0 amide bonds. The molecule has 2 bridgehead atoms. The van der Waals surface area contributed by atoms with Crippen LogP contribution in [0.5, 0.6) is 0 Å². The first-order valence-corrected chi connectivity index (χ1v) is 6.70. The Morgan fingerprint density at radius 2 is 2.15 bits per heavy atom. The normalized spacial score (nSPS) is 27.6. The molecule has 1 aliphatic heterocycles. The molecule has 6 nitrogen and oxygen atoms in total. The van der Waals surface area contributed by atoms with Gasteiger partial charge in [-0.1, -0.05) is 6.58 Å². The van der Waals surface area contributed by atoms with E-state index in [9.17, 15) is 14.4 Å². The van der Waals surface area contributed by atoms with E-state index in [4.69, 9.17) is 14.2 Å². The van der Waals surface area contributed by atoms with Crippen LogP contribution in [0.1, 0.15) is 32.6 Å². The summed E-state index contributed by atoms with van der Waals surface area (Å²) in [6.45, 7) is 4.94. The smallest absolute Gasteiger partial charge is 0.333 e. The van der Waals surface area contributed by atoms with Crippen molar-refractivity contribution < 1.29 is 28.6 Å². The monoisotopic (exact) mass is 282 g/mol. The van der Waals surface area contributed by atoms with Gasteiger partial charge in [0.25, 0.3) is 0 Å². The van der Waals surface area contributed by atoms with Crippen molar-refractivity contribution in [3.63, 3.8) is 0 Å². The van der Waals surface area contributed by atoms with Crippen molar-refractivity contribution in [2.24, 2.45) is 5.92 Å². The van der Waals surface area contributed by atoms with Crippen LogP contribution in [0.15, 0.2) is 12.2 Å². The Hall–Kier alpha value is -1.85. The van der Waals surface area contributed by atoms with E-state index < -0.39 is 11.9 Å². The van der Waals surface area contributed by atoms with Gasteiger partial charge in [0.05, 0.1) is 12.3 Å². The molecule has 2 aliphatic rings. The van der Waals surface area contributed by atoms with Crippen molar-refractivity contribution in [3.05, 3.63) is 12.2 Å². The second-order valence-electron chi connectivity index (χ2n) is 5.18. The van der Waals surface area contributed by atoms with E-state index in [0.717, 1.165) is 0 Å². The molecule has 2 rings (SSSR count). The highest BCUT2D eigenvalue weighted by Gasteiger charge is 2.44. The van der Waals surface area contributed by atoms with E-state index in [1.54, 1.807) is 0 Å². The molecule has 6 heteroatoms. The highest BCUT2D eigenvalue weighted by Crippen LogP contribution is 2.35. The third-order valence-electron chi connectivity index (χ3n) is 3.50. The van der Waals surface area contributed by atoms with Gasteiger partial charge in [0, 0.05) is 12.0 Å². The van der Waals surface area contributed by atoms with Gasteiger partial charge in [0.15, 0.2) is 0 Å². The van der Waals surface area contributed by atoms with Gasteiger partial charge in [0.2, 0.25) is 0 Å². The predicted octanol–water partition coefficient (Wildman–Crippen LogP) is 1.13. The van der Waals surface area contributed by atoms with Crippen molar-refractivity contribution in [2.45, 2.75) is 44.8 Å². The summed E-state index contributed by atoms with van der Waals surface area (Å²) in [5.41, 5.74) is 0.287. The molecule has 110 valence electrons. The van der Waals surface area contributed by atoms with Gasteiger partial charge in [0.1, 0.15) is 18.8 Å². The second kappa shape index (κ2) is 6.07. The maximum absolute atomic E-state index is 11.6. The van der Waals surface area contributed by atoms with Gasteiger partial charge in [-0.05, 0) is 19.8 Å². The Balaban J connectivity index is 1.71. The van der Waals surface area contributed by atoms with Crippen molar-refractivity contribution >= 4 is 17.9 Å². The van der Waals surface area contributed by atoms with E-state index >= 15 is 0 Å². The van der Waals surface area contributed by atoms with Crippen LogP contribution < -0.4 is 0 Å². The fourth-order valence-corrected chi connectivity index (χ4v) is 2.40. The summed E-state index contributed by atoms with van der Waals surface area (Å²) in [5, 5.41) is 0. The third kappa shape index (κ3) is 3.37. The lowest BCUT2D eigenvalue weighted by Crippen LogP contribution is -2.33. The van der Waals surface area contributed by atoms with Crippen LogP contribution in [-0.2, 0) is 28.6 Å². The van der Waals surface area contributed by atoms with E-state index in [1.165, 1.54) is 6.92 Å². The third-order valence-corrected chi connectivity index (χ3v) is 3.50. The standard InChI is InChI=1S/C14H18O6/c1-8(2)13(16)18-6-5-12(15)19-10-4-3-9-7-11(10)20-14(9)17/h9-11H,1,3-7H2,2H3. The summed E-state index contributed by atoms with van der Waals surface area (Å²) in [4.78, 5) is 34.1. The Kier molecular flexibility index (Phi) is 4.42. The number of rotatable bonds is 5. The molecule has 0 aromatic heterocycles. The highest BCUT2D eigenvalue weighted by molar-refractivity contribution is 5.87. The van der Waals surface area contributed by atoms with Crippen LogP contribution in [0.4, 0.5) is 0 Å². The number of esters is 3. The fraction of sp³-hybridized carbons (Fsp3) is 0.643.